The van der Waals surface area contributed by atoms with Gasteiger partial charge < -0.3 is 15.0 Å². The van der Waals surface area contributed by atoms with Gasteiger partial charge in [-0.2, -0.15) is 5.10 Å². The number of halogens is 1. The highest BCUT2D eigenvalue weighted by atomic mass is 35.5. The van der Waals surface area contributed by atoms with E-state index in [1.165, 1.54) is 0 Å². The Morgan fingerprint density at radius 2 is 1.87 bits per heavy atom. The Morgan fingerprint density at radius 3 is 2.53 bits per heavy atom. The van der Waals surface area contributed by atoms with Crippen LogP contribution in [0.3, 0.4) is 0 Å². The number of hydrogen-bond acceptors (Lipinski definition) is 5. The zero-order valence-electron chi connectivity index (χ0n) is 16.8. The first-order valence-electron chi connectivity index (χ1n) is 9.93. The fourth-order valence-electron chi connectivity index (χ4n) is 3.75. The molecule has 1 amide bonds. The van der Waals surface area contributed by atoms with Crippen molar-refractivity contribution in [2.75, 3.05) is 32.1 Å². The van der Waals surface area contributed by atoms with Gasteiger partial charge in [-0.05, 0) is 42.7 Å². The smallest absolute Gasteiger partial charge is 0.248 e. The zero-order valence-corrected chi connectivity index (χ0v) is 17.5. The molecule has 30 heavy (non-hydrogen) atoms. The van der Waals surface area contributed by atoms with E-state index in [0.29, 0.717) is 18.1 Å². The summed E-state index contributed by atoms with van der Waals surface area (Å²) in [6.07, 6.45) is 5.26. The summed E-state index contributed by atoms with van der Waals surface area (Å²) in [6, 6.07) is 11.9. The van der Waals surface area contributed by atoms with Crippen LogP contribution in [0, 0.1) is 0 Å². The van der Waals surface area contributed by atoms with Gasteiger partial charge in [0.25, 0.3) is 0 Å². The molecular weight excluding hydrogens is 402 g/mol. The lowest BCUT2D eigenvalue weighted by Crippen LogP contribution is -2.43. The number of carbonyl (C=O) groups is 1. The van der Waals surface area contributed by atoms with Crippen LogP contribution in [0.25, 0.3) is 22.4 Å². The molecule has 1 fully saturated rings. The fraction of sp³-hybridized carbons (Fsp3) is 0.318. The van der Waals surface area contributed by atoms with Gasteiger partial charge in [0, 0.05) is 49.2 Å². The first-order valence-corrected chi connectivity index (χ1v) is 10.3. The molecule has 2 aromatic heterocycles. The van der Waals surface area contributed by atoms with Crippen molar-refractivity contribution in [2.45, 2.75) is 18.9 Å². The van der Waals surface area contributed by atoms with Crippen molar-refractivity contribution < 1.29 is 9.53 Å². The van der Waals surface area contributed by atoms with Crippen LogP contribution in [0.1, 0.15) is 12.8 Å². The Bertz CT molecular complexity index is 983. The summed E-state index contributed by atoms with van der Waals surface area (Å²) >= 11 is 6.06. The molecule has 7 nitrogen and oxygen atoms in total. The van der Waals surface area contributed by atoms with Gasteiger partial charge in [0.05, 0.1) is 11.3 Å². The van der Waals surface area contributed by atoms with Gasteiger partial charge in [-0.3, -0.25) is 14.9 Å². The van der Waals surface area contributed by atoms with Crippen molar-refractivity contribution in [2.24, 2.45) is 0 Å². The topological polar surface area (TPSA) is 83.1 Å². The maximum atomic E-state index is 12.0. The number of hydrogen-bond donors (Lipinski definition) is 2. The molecule has 1 aromatic carbocycles. The number of pyridine rings is 1. The number of carbonyl (C=O) groups excluding carboxylic acids is 1. The first-order chi connectivity index (χ1) is 14.7. The van der Waals surface area contributed by atoms with Crippen LogP contribution in [-0.2, 0) is 9.53 Å². The molecule has 156 valence electrons. The van der Waals surface area contributed by atoms with E-state index in [1.54, 1.807) is 19.5 Å². The number of ether oxygens (including phenoxy) is 1. The van der Waals surface area contributed by atoms with Crippen LogP contribution in [0.15, 0.2) is 48.8 Å². The largest absolute Gasteiger partial charge is 0.375 e. The van der Waals surface area contributed by atoms with Crippen molar-refractivity contribution in [1.29, 1.82) is 0 Å². The molecule has 1 aliphatic rings. The van der Waals surface area contributed by atoms with Crippen molar-refractivity contribution in [3.05, 3.63) is 53.8 Å². The lowest BCUT2D eigenvalue weighted by atomic mass is 10.00. The normalized spacial score (nSPS) is 14.7. The van der Waals surface area contributed by atoms with Gasteiger partial charge >= 0.3 is 0 Å². The third kappa shape index (κ3) is 4.47. The second-order valence-electron chi connectivity index (χ2n) is 7.30. The van der Waals surface area contributed by atoms with Gasteiger partial charge in [-0.1, -0.05) is 23.7 Å². The predicted molar refractivity (Wildman–Crippen MR) is 117 cm³/mol. The van der Waals surface area contributed by atoms with E-state index in [4.69, 9.17) is 16.3 Å². The Balaban J connectivity index is 1.57. The summed E-state index contributed by atoms with van der Waals surface area (Å²) in [7, 11) is 1.54. The van der Waals surface area contributed by atoms with E-state index in [-0.39, 0.29) is 18.6 Å². The molecule has 0 aliphatic carbocycles. The van der Waals surface area contributed by atoms with Crippen LogP contribution < -0.4 is 5.32 Å². The van der Waals surface area contributed by atoms with Crippen LogP contribution in [0.4, 0.5) is 5.82 Å². The standard InChI is InChI=1S/C22H24ClN5O2/c1-30-14-19(29)28-12-8-18(9-13-28)25-22-20(15-6-10-24-11-7-15)21(26-27-22)16-2-4-17(23)5-3-16/h2-7,10-11,18H,8-9,12-14H2,1H3,(H2,25,26,27). The molecule has 0 radical (unpaired) electrons. The quantitative estimate of drug-likeness (QED) is 0.627. The minimum absolute atomic E-state index is 0.0400. The molecule has 3 aromatic rings. The molecule has 2 N–H and O–H groups in total. The summed E-state index contributed by atoms with van der Waals surface area (Å²) in [5.41, 5.74) is 3.95. The molecule has 0 spiro atoms. The number of aromatic amines is 1. The molecule has 0 bridgehead atoms. The van der Waals surface area contributed by atoms with Crippen LogP contribution in [0.5, 0.6) is 0 Å². The minimum atomic E-state index is 0.0400. The molecule has 1 saturated heterocycles. The number of aromatic nitrogens is 3. The predicted octanol–water partition coefficient (Wildman–Crippen LogP) is 3.84. The zero-order chi connectivity index (χ0) is 20.9. The van der Waals surface area contributed by atoms with E-state index in [9.17, 15) is 4.79 Å². The highest BCUT2D eigenvalue weighted by molar-refractivity contribution is 6.30. The summed E-state index contributed by atoms with van der Waals surface area (Å²) in [4.78, 5) is 18.0. The number of benzene rings is 1. The molecule has 3 heterocycles. The van der Waals surface area contributed by atoms with Crippen molar-refractivity contribution in [3.63, 3.8) is 0 Å². The second kappa shape index (κ2) is 9.28. The maximum absolute atomic E-state index is 12.0. The number of likely N-dealkylation sites (tertiary alicyclic amines) is 1. The Kier molecular flexibility index (Phi) is 6.30. The number of H-pyrrole nitrogens is 1. The van der Waals surface area contributed by atoms with E-state index in [0.717, 1.165) is 41.0 Å². The summed E-state index contributed by atoms with van der Waals surface area (Å²) in [6.45, 7) is 1.55. The van der Waals surface area contributed by atoms with Crippen LogP contribution in [-0.4, -0.2) is 58.8 Å². The highest BCUT2D eigenvalue weighted by Crippen LogP contribution is 2.37. The van der Waals surface area contributed by atoms with Crippen molar-refractivity contribution in [3.8, 4) is 22.4 Å². The number of nitrogens with one attached hydrogen (secondary N) is 2. The number of piperidine rings is 1. The Morgan fingerprint density at radius 1 is 1.17 bits per heavy atom. The molecule has 0 saturated carbocycles. The number of nitrogens with zero attached hydrogens (tertiary/aromatic N) is 3. The van der Waals surface area contributed by atoms with E-state index in [2.05, 4.69) is 20.5 Å². The SMILES string of the molecule is COCC(=O)N1CCC(Nc2n[nH]c(-c3ccc(Cl)cc3)c2-c2ccncc2)CC1. The van der Waals surface area contributed by atoms with E-state index < -0.39 is 0 Å². The third-order valence-electron chi connectivity index (χ3n) is 5.32. The van der Waals surface area contributed by atoms with Gasteiger partial charge in [-0.15, -0.1) is 0 Å². The average molecular weight is 426 g/mol. The molecule has 0 atom stereocenters. The number of anilines is 1. The van der Waals surface area contributed by atoms with Crippen LogP contribution in [0.2, 0.25) is 5.02 Å². The number of methoxy groups -OCH3 is 1. The molecule has 1 aliphatic heterocycles. The molecule has 4 rings (SSSR count). The molecule has 0 unspecified atom stereocenters. The van der Waals surface area contributed by atoms with E-state index >= 15 is 0 Å². The first kappa shape index (κ1) is 20.4. The van der Waals surface area contributed by atoms with Gasteiger partial charge in [0.2, 0.25) is 5.91 Å². The Hall–Kier alpha value is -2.90. The molecular formula is C22H24ClN5O2. The maximum Gasteiger partial charge on any atom is 0.248 e. The average Bonchev–Trinajstić information content (AvgIpc) is 3.19. The number of amides is 1. The third-order valence-corrected chi connectivity index (χ3v) is 5.58. The summed E-state index contributed by atoms with van der Waals surface area (Å²) in [5.74, 6) is 0.839. The van der Waals surface area contributed by atoms with E-state index in [1.807, 2.05) is 41.3 Å². The minimum Gasteiger partial charge on any atom is -0.375 e. The van der Waals surface area contributed by atoms with Crippen molar-refractivity contribution >= 4 is 23.3 Å². The summed E-state index contributed by atoms with van der Waals surface area (Å²) < 4.78 is 4.96. The number of rotatable bonds is 6. The lowest BCUT2D eigenvalue weighted by Gasteiger charge is -2.32. The van der Waals surface area contributed by atoms with Crippen molar-refractivity contribution in [1.82, 2.24) is 20.1 Å². The molecule has 8 heteroatoms. The van der Waals surface area contributed by atoms with Gasteiger partial charge in [0.15, 0.2) is 5.82 Å². The van der Waals surface area contributed by atoms with Crippen LogP contribution >= 0.6 is 11.6 Å². The van der Waals surface area contributed by atoms with Gasteiger partial charge in [0.1, 0.15) is 6.61 Å². The lowest BCUT2D eigenvalue weighted by molar-refractivity contribution is -0.136. The second-order valence-corrected chi connectivity index (χ2v) is 7.73. The Labute approximate surface area is 180 Å². The van der Waals surface area contributed by atoms with Gasteiger partial charge in [-0.25, -0.2) is 0 Å². The monoisotopic (exact) mass is 425 g/mol. The fourth-order valence-corrected chi connectivity index (χ4v) is 3.88. The summed E-state index contributed by atoms with van der Waals surface area (Å²) in [5, 5.41) is 12.0. The highest BCUT2D eigenvalue weighted by Gasteiger charge is 2.25.